The number of carbonyl (C=O) groups is 1. The van der Waals surface area contributed by atoms with Crippen LogP contribution in [0.1, 0.15) is 103 Å². The van der Waals surface area contributed by atoms with Gasteiger partial charge < -0.3 is 24.8 Å². The standard InChI is InChI=1S/C36H62N2O6/c1-4-22-43-44-26-13-9-8-11-24-41-34-20-16-31(17-21-34)36-37-27-32(28-38-36)29(3)30-14-18-33(19-15-30)40-23-10-6-7-12-25-42-35(39)5-2/h4-5,30-34,36-38H,1-3,6-28H2. The number of ether oxygens (including phenoxy) is 3. The number of hydrogen-bond donors (Lipinski definition) is 2. The van der Waals surface area contributed by atoms with Crippen LogP contribution in [0.4, 0.5) is 0 Å². The zero-order chi connectivity index (χ0) is 31.2. The van der Waals surface area contributed by atoms with E-state index in [-0.39, 0.29) is 5.97 Å². The fourth-order valence-electron chi connectivity index (χ4n) is 6.86. The number of carbonyl (C=O) groups excluding carboxylic acids is 1. The van der Waals surface area contributed by atoms with Crippen molar-refractivity contribution in [2.45, 2.75) is 121 Å². The van der Waals surface area contributed by atoms with Crippen molar-refractivity contribution in [3.05, 3.63) is 37.5 Å². The third-order valence-electron chi connectivity index (χ3n) is 9.63. The van der Waals surface area contributed by atoms with Gasteiger partial charge in [0.25, 0.3) is 0 Å². The van der Waals surface area contributed by atoms with E-state index in [1.807, 2.05) is 0 Å². The molecule has 2 saturated carbocycles. The molecule has 1 aliphatic heterocycles. The zero-order valence-electron chi connectivity index (χ0n) is 27.5. The summed E-state index contributed by atoms with van der Waals surface area (Å²) >= 11 is 0. The van der Waals surface area contributed by atoms with Crippen molar-refractivity contribution >= 4 is 5.97 Å². The predicted molar refractivity (Wildman–Crippen MR) is 176 cm³/mol. The normalized spacial score (nSPS) is 27.5. The van der Waals surface area contributed by atoms with Crippen molar-refractivity contribution in [3.63, 3.8) is 0 Å². The molecule has 0 amide bonds. The van der Waals surface area contributed by atoms with Gasteiger partial charge in [-0.1, -0.05) is 44.1 Å². The third kappa shape index (κ3) is 14.7. The molecule has 3 rings (SSSR count). The third-order valence-corrected chi connectivity index (χ3v) is 9.63. The van der Waals surface area contributed by atoms with Gasteiger partial charge in [0.2, 0.25) is 0 Å². The Bertz CT molecular complexity index is 798. The Hall–Kier alpha value is -1.55. The molecule has 1 heterocycles. The molecule has 252 valence electrons. The van der Waals surface area contributed by atoms with E-state index in [9.17, 15) is 4.79 Å². The van der Waals surface area contributed by atoms with Gasteiger partial charge >= 0.3 is 5.97 Å². The van der Waals surface area contributed by atoms with Crippen molar-refractivity contribution in [1.82, 2.24) is 10.6 Å². The molecular formula is C36H62N2O6. The quantitative estimate of drug-likeness (QED) is 0.0323. The molecule has 1 saturated heterocycles. The highest BCUT2D eigenvalue weighted by atomic mass is 17.2. The fraction of sp³-hybridized carbons (Fsp3) is 0.806. The average Bonchev–Trinajstić information content (AvgIpc) is 3.07. The predicted octanol–water partition coefficient (Wildman–Crippen LogP) is 6.81. The largest absolute Gasteiger partial charge is 0.463 e. The molecule has 0 unspecified atom stereocenters. The Labute approximate surface area is 267 Å². The lowest BCUT2D eigenvalue weighted by Gasteiger charge is -2.41. The van der Waals surface area contributed by atoms with Gasteiger partial charge in [-0.3, -0.25) is 0 Å². The van der Waals surface area contributed by atoms with E-state index in [2.05, 4.69) is 30.4 Å². The van der Waals surface area contributed by atoms with Gasteiger partial charge in [-0.05, 0) is 95.3 Å². The molecule has 0 atom stereocenters. The topological polar surface area (TPSA) is 87.3 Å². The minimum Gasteiger partial charge on any atom is -0.463 e. The highest BCUT2D eigenvalue weighted by molar-refractivity contribution is 5.81. The van der Waals surface area contributed by atoms with Gasteiger partial charge in [0, 0.05) is 38.3 Å². The SMILES string of the molecule is C=CCOOCCCCCCOC1CCC(C2NCC(C(=C)C3CCC(OCCCCCCOC(=O)C=C)CC3)CN2)CC1. The first kappa shape index (κ1) is 36.9. The molecule has 0 spiro atoms. The van der Waals surface area contributed by atoms with E-state index in [4.69, 9.17) is 24.0 Å². The summed E-state index contributed by atoms with van der Waals surface area (Å²) in [5, 5.41) is 7.68. The molecule has 0 bridgehead atoms. The van der Waals surface area contributed by atoms with Gasteiger partial charge in [0.1, 0.15) is 6.61 Å². The van der Waals surface area contributed by atoms with Crippen LogP contribution in [0.2, 0.25) is 0 Å². The Kier molecular flexibility index (Phi) is 19.2. The monoisotopic (exact) mass is 618 g/mol. The lowest BCUT2D eigenvalue weighted by Crippen LogP contribution is -2.57. The molecule has 8 nitrogen and oxygen atoms in total. The molecule has 2 aliphatic carbocycles. The maximum Gasteiger partial charge on any atom is 0.330 e. The second-order valence-corrected chi connectivity index (χ2v) is 12.9. The van der Waals surface area contributed by atoms with Crippen molar-refractivity contribution in [2.24, 2.45) is 17.8 Å². The van der Waals surface area contributed by atoms with Crippen LogP contribution >= 0.6 is 0 Å². The summed E-state index contributed by atoms with van der Waals surface area (Å²) in [7, 11) is 0. The molecule has 0 aromatic rings. The van der Waals surface area contributed by atoms with Crippen molar-refractivity contribution in [2.75, 3.05) is 46.1 Å². The van der Waals surface area contributed by atoms with Gasteiger partial charge in [0.05, 0.1) is 31.6 Å². The van der Waals surface area contributed by atoms with E-state index >= 15 is 0 Å². The molecule has 44 heavy (non-hydrogen) atoms. The number of unbranched alkanes of at least 4 members (excludes halogenated alkanes) is 6. The van der Waals surface area contributed by atoms with Crippen LogP contribution < -0.4 is 10.6 Å². The molecule has 8 heteroatoms. The van der Waals surface area contributed by atoms with Gasteiger partial charge in [-0.15, -0.1) is 6.58 Å². The Morgan fingerprint density at radius 1 is 0.659 bits per heavy atom. The van der Waals surface area contributed by atoms with Crippen molar-refractivity contribution in [3.8, 4) is 0 Å². The van der Waals surface area contributed by atoms with E-state index in [0.717, 1.165) is 84.1 Å². The second kappa shape index (κ2) is 22.9. The summed E-state index contributed by atoms with van der Waals surface area (Å²) in [4.78, 5) is 21.1. The van der Waals surface area contributed by atoms with Crippen LogP contribution in [-0.2, 0) is 28.8 Å². The molecule has 3 aliphatic rings. The highest BCUT2D eigenvalue weighted by Crippen LogP contribution is 2.35. The summed E-state index contributed by atoms with van der Waals surface area (Å²) in [5.41, 5.74) is 1.43. The number of hydrogen-bond acceptors (Lipinski definition) is 8. The summed E-state index contributed by atoms with van der Waals surface area (Å²) in [6, 6.07) is 0. The van der Waals surface area contributed by atoms with Crippen LogP contribution in [0, 0.1) is 17.8 Å². The van der Waals surface area contributed by atoms with Crippen LogP contribution in [0.15, 0.2) is 37.5 Å². The molecule has 3 fully saturated rings. The Morgan fingerprint density at radius 2 is 1.20 bits per heavy atom. The smallest absolute Gasteiger partial charge is 0.330 e. The first-order chi connectivity index (χ1) is 21.6. The van der Waals surface area contributed by atoms with Gasteiger partial charge in [0.15, 0.2) is 0 Å². The Balaban J connectivity index is 1.16. The lowest BCUT2D eigenvalue weighted by atomic mass is 9.77. The molecule has 0 aromatic carbocycles. The van der Waals surface area contributed by atoms with Crippen LogP contribution in [0.25, 0.3) is 0 Å². The van der Waals surface area contributed by atoms with E-state index in [0.29, 0.717) is 55.9 Å². The minimum absolute atomic E-state index is 0.334. The van der Waals surface area contributed by atoms with Crippen molar-refractivity contribution < 1.29 is 28.8 Å². The van der Waals surface area contributed by atoms with Crippen molar-refractivity contribution in [1.29, 1.82) is 0 Å². The zero-order valence-corrected chi connectivity index (χ0v) is 27.5. The number of nitrogens with one attached hydrogen (secondary N) is 2. The molecular weight excluding hydrogens is 556 g/mol. The lowest BCUT2D eigenvalue weighted by molar-refractivity contribution is -0.286. The first-order valence-electron chi connectivity index (χ1n) is 17.6. The second-order valence-electron chi connectivity index (χ2n) is 12.9. The molecule has 2 N–H and O–H groups in total. The first-order valence-corrected chi connectivity index (χ1v) is 17.6. The van der Waals surface area contributed by atoms with Gasteiger partial charge in [-0.2, -0.15) is 0 Å². The highest BCUT2D eigenvalue weighted by Gasteiger charge is 2.33. The van der Waals surface area contributed by atoms with Gasteiger partial charge in [-0.25, -0.2) is 14.6 Å². The number of esters is 1. The Morgan fingerprint density at radius 3 is 1.77 bits per heavy atom. The van der Waals surface area contributed by atoms with Crippen LogP contribution in [0.3, 0.4) is 0 Å². The molecule has 0 radical (unpaired) electrons. The number of rotatable bonds is 23. The summed E-state index contributed by atoms with van der Waals surface area (Å²) < 4.78 is 17.4. The summed E-state index contributed by atoms with van der Waals surface area (Å²) in [6.07, 6.45) is 22.3. The van der Waals surface area contributed by atoms with Crippen LogP contribution in [-0.4, -0.2) is 70.5 Å². The van der Waals surface area contributed by atoms with E-state index < -0.39 is 0 Å². The fourth-order valence-corrected chi connectivity index (χ4v) is 6.86. The summed E-state index contributed by atoms with van der Waals surface area (Å²) in [5.74, 6) is 1.49. The van der Waals surface area contributed by atoms with E-state index in [1.165, 1.54) is 56.6 Å². The van der Waals surface area contributed by atoms with Crippen LogP contribution in [0.5, 0.6) is 0 Å². The molecule has 0 aromatic heterocycles. The maximum atomic E-state index is 11.0. The minimum atomic E-state index is -0.334. The average molecular weight is 619 g/mol. The van der Waals surface area contributed by atoms with E-state index in [1.54, 1.807) is 6.08 Å². The maximum absolute atomic E-state index is 11.0. The summed E-state index contributed by atoms with van der Waals surface area (Å²) in [6.45, 7) is 17.0.